The summed E-state index contributed by atoms with van der Waals surface area (Å²) in [6, 6.07) is 19.2. The number of ether oxygens (including phenoxy) is 1. The summed E-state index contributed by atoms with van der Waals surface area (Å²) in [6.07, 6.45) is 2.38. The van der Waals surface area contributed by atoms with Crippen LogP contribution >= 0.6 is 0 Å². The highest BCUT2D eigenvalue weighted by molar-refractivity contribution is 5.92. The number of allylic oxidation sites excluding steroid dienone is 2. The molecule has 134 valence electrons. The first-order valence-electron chi connectivity index (χ1n) is 8.31. The molecule has 2 aromatic carbocycles. The van der Waals surface area contributed by atoms with Crippen molar-refractivity contribution >= 4 is 11.9 Å². The van der Waals surface area contributed by atoms with Gasteiger partial charge >= 0.3 is 11.9 Å². The standard InChI is InChI=1S/C22H22O4/c1-16(21(23)24)13-19(14-17-9-5-3-6-10-17)20(22(25)26-2)15-18-11-7-4-8-12-18/h3-13H,14-15H2,1-2H3,(H,23,24). The smallest absolute Gasteiger partial charge is 0.334 e. The first-order chi connectivity index (χ1) is 12.5. The topological polar surface area (TPSA) is 63.6 Å². The van der Waals surface area contributed by atoms with Gasteiger partial charge in [0.1, 0.15) is 0 Å². The second-order valence-electron chi connectivity index (χ2n) is 5.95. The highest BCUT2D eigenvalue weighted by Gasteiger charge is 2.17. The van der Waals surface area contributed by atoms with Crippen molar-refractivity contribution in [1.82, 2.24) is 0 Å². The molecular formula is C22H22O4. The zero-order valence-electron chi connectivity index (χ0n) is 14.9. The molecule has 4 nitrogen and oxygen atoms in total. The van der Waals surface area contributed by atoms with Crippen LogP contribution in [-0.4, -0.2) is 24.2 Å². The molecule has 0 aliphatic carbocycles. The number of methoxy groups -OCH3 is 1. The molecule has 0 aromatic heterocycles. The van der Waals surface area contributed by atoms with E-state index >= 15 is 0 Å². The fourth-order valence-electron chi connectivity index (χ4n) is 2.62. The van der Waals surface area contributed by atoms with Gasteiger partial charge in [0.25, 0.3) is 0 Å². The first kappa shape index (κ1) is 19.2. The molecule has 2 rings (SSSR count). The predicted octanol–water partition coefficient (Wildman–Crippen LogP) is 3.97. The molecule has 0 saturated carbocycles. The third kappa shape index (κ3) is 5.45. The first-order valence-corrected chi connectivity index (χ1v) is 8.31. The number of aliphatic carboxylic acids is 1. The lowest BCUT2D eigenvalue weighted by atomic mass is 9.93. The number of rotatable bonds is 7. The second-order valence-corrected chi connectivity index (χ2v) is 5.95. The van der Waals surface area contributed by atoms with Gasteiger partial charge in [0, 0.05) is 17.6 Å². The molecule has 0 saturated heterocycles. The highest BCUT2D eigenvalue weighted by atomic mass is 16.5. The van der Waals surface area contributed by atoms with Crippen LogP contribution in [0.2, 0.25) is 0 Å². The zero-order valence-corrected chi connectivity index (χ0v) is 14.9. The summed E-state index contributed by atoms with van der Waals surface area (Å²) in [6.45, 7) is 1.52. The van der Waals surface area contributed by atoms with Crippen LogP contribution in [0.25, 0.3) is 0 Å². The van der Waals surface area contributed by atoms with Crippen LogP contribution in [0.3, 0.4) is 0 Å². The van der Waals surface area contributed by atoms with E-state index in [0.717, 1.165) is 11.1 Å². The molecule has 0 bridgehead atoms. The van der Waals surface area contributed by atoms with E-state index < -0.39 is 11.9 Å². The number of hydrogen-bond donors (Lipinski definition) is 1. The maximum Gasteiger partial charge on any atom is 0.334 e. The molecule has 0 radical (unpaired) electrons. The normalized spacial score (nSPS) is 12.3. The minimum Gasteiger partial charge on any atom is -0.478 e. The van der Waals surface area contributed by atoms with Gasteiger partial charge in [-0.2, -0.15) is 0 Å². The average Bonchev–Trinajstić information content (AvgIpc) is 2.66. The van der Waals surface area contributed by atoms with Gasteiger partial charge < -0.3 is 9.84 Å². The van der Waals surface area contributed by atoms with E-state index in [1.807, 2.05) is 60.7 Å². The Morgan fingerprint density at radius 2 is 1.42 bits per heavy atom. The molecule has 1 N–H and O–H groups in total. The maximum absolute atomic E-state index is 12.4. The highest BCUT2D eigenvalue weighted by Crippen LogP contribution is 2.21. The Hall–Kier alpha value is -3.14. The third-order valence-corrected chi connectivity index (χ3v) is 4.01. The summed E-state index contributed by atoms with van der Waals surface area (Å²) >= 11 is 0. The molecule has 0 heterocycles. The van der Waals surface area contributed by atoms with Gasteiger partial charge in [-0.15, -0.1) is 0 Å². The quantitative estimate of drug-likeness (QED) is 0.466. The summed E-state index contributed by atoms with van der Waals surface area (Å²) in [5, 5.41) is 9.26. The van der Waals surface area contributed by atoms with E-state index in [0.29, 0.717) is 24.0 Å². The van der Waals surface area contributed by atoms with Crippen LogP contribution in [0.15, 0.2) is 83.5 Å². The van der Waals surface area contributed by atoms with E-state index in [4.69, 9.17) is 4.74 Å². The van der Waals surface area contributed by atoms with Crippen LogP contribution in [0.4, 0.5) is 0 Å². The predicted molar refractivity (Wildman–Crippen MR) is 101 cm³/mol. The fourth-order valence-corrected chi connectivity index (χ4v) is 2.62. The Bertz CT molecular complexity index is 818. The summed E-state index contributed by atoms with van der Waals surface area (Å²) in [4.78, 5) is 23.7. The maximum atomic E-state index is 12.4. The summed E-state index contributed by atoms with van der Waals surface area (Å²) < 4.78 is 4.97. The Labute approximate surface area is 153 Å². The van der Waals surface area contributed by atoms with Crippen molar-refractivity contribution in [3.63, 3.8) is 0 Å². The number of carbonyl (C=O) groups is 2. The summed E-state index contributed by atoms with van der Waals surface area (Å²) in [5.41, 5.74) is 3.23. The van der Waals surface area contributed by atoms with Gasteiger partial charge in [0.2, 0.25) is 0 Å². The van der Waals surface area contributed by atoms with Gasteiger partial charge in [-0.1, -0.05) is 60.7 Å². The molecular weight excluding hydrogens is 328 g/mol. The molecule has 0 unspecified atom stereocenters. The molecule has 0 atom stereocenters. The zero-order chi connectivity index (χ0) is 18.9. The van der Waals surface area contributed by atoms with E-state index in [-0.39, 0.29) is 5.57 Å². The van der Waals surface area contributed by atoms with Crippen molar-refractivity contribution < 1.29 is 19.4 Å². The van der Waals surface area contributed by atoms with Crippen molar-refractivity contribution in [2.24, 2.45) is 0 Å². The second kappa shape index (κ2) is 9.37. The van der Waals surface area contributed by atoms with Gasteiger partial charge in [-0.05, 0) is 36.1 Å². The molecule has 4 heteroatoms. The SMILES string of the molecule is COC(=O)C(Cc1ccccc1)=C(C=C(C)C(=O)O)Cc1ccccc1. The van der Waals surface area contributed by atoms with Crippen molar-refractivity contribution in [2.45, 2.75) is 19.8 Å². The van der Waals surface area contributed by atoms with Crippen LogP contribution in [-0.2, 0) is 27.2 Å². The van der Waals surface area contributed by atoms with E-state index in [2.05, 4.69) is 0 Å². The van der Waals surface area contributed by atoms with Gasteiger partial charge in [-0.3, -0.25) is 0 Å². The fraction of sp³-hybridized carbons (Fsp3) is 0.182. The van der Waals surface area contributed by atoms with Crippen molar-refractivity contribution in [3.05, 3.63) is 94.6 Å². The number of benzene rings is 2. The number of hydrogen-bond acceptors (Lipinski definition) is 3. The monoisotopic (exact) mass is 350 g/mol. The van der Waals surface area contributed by atoms with E-state index in [1.165, 1.54) is 14.0 Å². The Balaban J connectivity index is 2.54. The number of carbonyl (C=O) groups excluding carboxylic acids is 1. The number of carboxylic acid groups (broad SMARTS) is 1. The Morgan fingerprint density at radius 3 is 1.88 bits per heavy atom. The lowest BCUT2D eigenvalue weighted by molar-refractivity contribution is -0.136. The number of esters is 1. The van der Waals surface area contributed by atoms with E-state index in [1.54, 1.807) is 6.08 Å². The van der Waals surface area contributed by atoms with Crippen LogP contribution in [0.5, 0.6) is 0 Å². The molecule has 0 aliphatic heterocycles. The third-order valence-electron chi connectivity index (χ3n) is 4.01. The molecule has 2 aromatic rings. The summed E-state index contributed by atoms with van der Waals surface area (Å²) in [7, 11) is 1.33. The Kier molecular flexibility index (Phi) is 6.92. The molecule has 0 spiro atoms. The lowest BCUT2D eigenvalue weighted by Crippen LogP contribution is -2.12. The summed E-state index contributed by atoms with van der Waals surface area (Å²) in [5.74, 6) is -1.46. The van der Waals surface area contributed by atoms with Crippen LogP contribution in [0, 0.1) is 0 Å². The largest absolute Gasteiger partial charge is 0.478 e. The van der Waals surface area contributed by atoms with Gasteiger partial charge in [0.15, 0.2) is 0 Å². The van der Waals surface area contributed by atoms with Crippen LogP contribution < -0.4 is 0 Å². The molecule has 26 heavy (non-hydrogen) atoms. The molecule has 0 fully saturated rings. The number of carboxylic acids is 1. The van der Waals surface area contributed by atoms with Crippen molar-refractivity contribution in [3.8, 4) is 0 Å². The van der Waals surface area contributed by atoms with Crippen LogP contribution in [0.1, 0.15) is 18.1 Å². The minimum absolute atomic E-state index is 0.172. The van der Waals surface area contributed by atoms with Crippen molar-refractivity contribution in [2.75, 3.05) is 7.11 Å². The van der Waals surface area contributed by atoms with E-state index in [9.17, 15) is 14.7 Å². The molecule has 0 amide bonds. The molecule has 0 aliphatic rings. The van der Waals surface area contributed by atoms with Crippen molar-refractivity contribution in [1.29, 1.82) is 0 Å². The minimum atomic E-state index is -1.01. The lowest BCUT2D eigenvalue weighted by Gasteiger charge is -2.13. The van der Waals surface area contributed by atoms with Gasteiger partial charge in [0.05, 0.1) is 7.11 Å². The average molecular weight is 350 g/mol. The van der Waals surface area contributed by atoms with Gasteiger partial charge in [-0.25, -0.2) is 9.59 Å². The Morgan fingerprint density at radius 1 is 0.923 bits per heavy atom.